The molecule has 2 heterocycles. The van der Waals surface area contributed by atoms with Crippen LogP contribution in [0.4, 0.5) is 0 Å². The summed E-state index contributed by atoms with van der Waals surface area (Å²) in [6.07, 6.45) is 0.698. The van der Waals surface area contributed by atoms with Crippen molar-refractivity contribution in [3.05, 3.63) is 29.3 Å². The average molecular weight is 290 g/mol. The summed E-state index contributed by atoms with van der Waals surface area (Å²) in [7, 11) is 0. The van der Waals surface area contributed by atoms with Crippen molar-refractivity contribution in [2.45, 2.75) is 30.7 Å². The predicted molar refractivity (Wildman–Crippen MR) is 73.8 cm³/mol. The maximum absolute atomic E-state index is 11.5. The van der Waals surface area contributed by atoms with E-state index < -0.39 is 0 Å². The number of hydrogen-bond acceptors (Lipinski definition) is 6. The Morgan fingerprint density at radius 3 is 3.00 bits per heavy atom. The molecule has 1 saturated heterocycles. The van der Waals surface area contributed by atoms with Gasteiger partial charge in [0, 0.05) is 6.42 Å². The number of thioether (sulfide) groups is 1. The Bertz CT molecular complexity index is 656. The van der Waals surface area contributed by atoms with Crippen LogP contribution in [0, 0.1) is 13.8 Å². The lowest BCUT2D eigenvalue weighted by Crippen LogP contribution is -2.11. The summed E-state index contributed by atoms with van der Waals surface area (Å²) in [6, 6.07) is 6.11. The first-order valence-electron chi connectivity index (χ1n) is 6.34. The zero-order valence-corrected chi connectivity index (χ0v) is 12.1. The molecule has 0 saturated carbocycles. The van der Waals surface area contributed by atoms with Crippen molar-refractivity contribution in [1.29, 1.82) is 0 Å². The lowest BCUT2D eigenvalue weighted by atomic mass is 10.1. The van der Waals surface area contributed by atoms with Gasteiger partial charge in [-0.3, -0.25) is 4.79 Å². The molecule has 0 spiro atoms. The second-order valence-electron chi connectivity index (χ2n) is 4.73. The van der Waals surface area contributed by atoms with Gasteiger partial charge in [-0.1, -0.05) is 23.9 Å². The summed E-state index contributed by atoms with van der Waals surface area (Å²) in [5.41, 5.74) is 3.15. The third-order valence-electron chi connectivity index (χ3n) is 3.17. The molecule has 1 aliphatic heterocycles. The minimum absolute atomic E-state index is 0.189. The number of tetrazole rings is 1. The number of cyclic esters (lactones) is 1. The van der Waals surface area contributed by atoms with Gasteiger partial charge in [-0.15, -0.1) is 5.10 Å². The number of carbonyl (C=O) groups is 1. The predicted octanol–water partition coefficient (Wildman–Crippen LogP) is 1.69. The number of nitrogens with zero attached hydrogens (tertiary/aromatic N) is 4. The molecule has 0 aliphatic carbocycles. The van der Waals surface area contributed by atoms with Crippen molar-refractivity contribution in [2.75, 3.05) is 6.61 Å². The third kappa shape index (κ3) is 2.40. The molecule has 1 unspecified atom stereocenters. The Hall–Kier alpha value is -1.89. The summed E-state index contributed by atoms with van der Waals surface area (Å²) in [5.74, 6) is -0.189. The quantitative estimate of drug-likeness (QED) is 0.801. The van der Waals surface area contributed by atoms with Crippen LogP contribution in [-0.2, 0) is 9.53 Å². The molecule has 104 valence electrons. The van der Waals surface area contributed by atoms with Gasteiger partial charge in [-0.2, -0.15) is 4.68 Å². The number of benzene rings is 1. The molecule has 1 aliphatic rings. The maximum Gasteiger partial charge on any atom is 0.319 e. The van der Waals surface area contributed by atoms with E-state index in [0.717, 1.165) is 16.8 Å². The van der Waals surface area contributed by atoms with E-state index in [0.29, 0.717) is 18.2 Å². The molecule has 1 aromatic heterocycles. The molecular weight excluding hydrogens is 276 g/mol. The summed E-state index contributed by atoms with van der Waals surface area (Å²) in [5, 5.41) is 12.2. The van der Waals surface area contributed by atoms with Crippen LogP contribution in [0.15, 0.2) is 23.4 Å². The number of rotatable bonds is 3. The highest BCUT2D eigenvalue weighted by molar-refractivity contribution is 8.00. The first-order chi connectivity index (χ1) is 9.65. The van der Waals surface area contributed by atoms with Gasteiger partial charge in [0.1, 0.15) is 5.25 Å². The molecule has 6 nitrogen and oxygen atoms in total. The van der Waals surface area contributed by atoms with Gasteiger partial charge in [0.05, 0.1) is 12.3 Å². The fraction of sp³-hybridized carbons (Fsp3) is 0.385. The van der Waals surface area contributed by atoms with Crippen molar-refractivity contribution < 1.29 is 9.53 Å². The summed E-state index contributed by atoms with van der Waals surface area (Å²) in [4.78, 5) is 11.5. The van der Waals surface area contributed by atoms with Gasteiger partial charge in [0.15, 0.2) is 0 Å². The van der Waals surface area contributed by atoms with E-state index in [1.807, 2.05) is 32.0 Å². The van der Waals surface area contributed by atoms with E-state index in [2.05, 4.69) is 15.5 Å². The zero-order chi connectivity index (χ0) is 14.1. The van der Waals surface area contributed by atoms with Gasteiger partial charge in [-0.05, 0) is 41.5 Å². The molecule has 1 aromatic carbocycles. The van der Waals surface area contributed by atoms with Gasteiger partial charge in [-0.25, -0.2) is 0 Å². The van der Waals surface area contributed by atoms with Crippen LogP contribution >= 0.6 is 11.8 Å². The van der Waals surface area contributed by atoms with E-state index in [1.165, 1.54) is 11.8 Å². The van der Waals surface area contributed by atoms with Crippen LogP contribution in [0.5, 0.6) is 0 Å². The van der Waals surface area contributed by atoms with Gasteiger partial charge < -0.3 is 4.74 Å². The van der Waals surface area contributed by atoms with E-state index >= 15 is 0 Å². The monoisotopic (exact) mass is 290 g/mol. The molecule has 7 heteroatoms. The molecular formula is C13H14N4O2S. The fourth-order valence-electron chi connectivity index (χ4n) is 2.06. The Morgan fingerprint density at radius 2 is 2.25 bits per heavy atom. The van der Waals surface area contributed by atoms with E-state index in [4.69, 9.17) is 4.74 Å². The number of aryl methyl sites for hydroxylation is 2. The number of carbonyl (C=O) groups excluding carboxylic acids is 1. The maximum atomic E-state index is 11.5. The van der Waals surface area contributed by atoms with Crippen molar-refractivity contribution in [3.63, 3.8) is 0 Å². The van der Waals surface area contributed by atoms with Crippen LogP contribution in [0.3, 0.4) is 0 Å². The smallest absolute Gasteiger partial charge is 0.319 e. The normalized spacial score (nSPS) is 18.3. The minimum atomic E-state index is -0.218. The van der Waals surface area contributed by atoms with Crippen molar-refractivity contribution in [1.82, 2.24) is 20.2 Å². The molecule has 1 atom stereocenters. The first kappa shape index (κ1) is 13.1. The molecule has 1 fully saturated rings. The molecule has 0 amide bonds. The SMILES string of the molecule is Cc1ccc(C)c(-n2nnnc2SC2CCOC2=O)c1. The number of hydrogen-bond donors (Lipinski definition) is 0. The molecule has 3 rings (SSSR count). The molecule has 20 heavy (non-hydrogen) atoms. The second-order valence-corrected chi connectivity index (χ2v) is 5.90. The first-order valence-corrected chi connectivity index (χ1v) is 7.22. The van der Waals surface area contributed by atoms with Crippen LogP contribution < -0.4 is 0 Å². The fourth-order valence-corrected chi connectivity index (χ4v) is 3.01. The number of ether oxygens (including phenoxy) is 1. The molecule has 0 N–H and O–H groups in total. The Balaban J connectivity index is 1.93. The standard InChI is InChI=1S/C13H14N4O2S/c1-8-3-4-9(2)10(7-8)17-13(14-15-16-17)20-11-5-6-19-12(11)18/h3-4,7,11H,5-6H2,1-2H3. The number of esters is 1. The molecule has 2 aromatic rings. The largest absolute Gasteiger partial charge is 0.465 e. The van der Waals surface area contributed by atoms with Crippen LogP contribution in [0.25, 0.3) is 5.69 Å². The van der Waals surface area contributed by atoms with E-state index in [-0.39, 0.29) is 11.2 Å². The van der Waals surface area contributed by atoms with E-state index in [1.54, 1.807) is 4.68 Å². The average Bonchev–Trinajstić information content (AvgIpc) is 3.03. The van der Waals surface area contributed by atoms with E-state index in [9.17, 15) is 4.79 Å². The highest BCUT2D eigenvalue weighted by atomic mass is 32.2. The Morgan fingerprint density at radius 1 is 1.40 bits per heavy atom. The Kier molecular flexibility index (Phi) is 3.43. The molecule has 0 radical (unpaired) electrons. The molecule has 0 bridgehead atoms. The zero-order valence-electron chi connectivity index (χ0n) is 11.2. The summed E-state index contributed by atoms with van der Waals surface area (Å²) >= 11 is 1.35. The lowest BCUT2D eigenvalue weighted by Gasteiger charge is -2.09. The van der Waals surface area contributed by atoms with Crippen molar-refractivity contribution >= 4 is 17.7 Å². The van der Waals surface area contributed by atoms with Gasteiger partial charge in [0.2, 0.25) is 5.16 Å². The summed E-state index contributed by atoms with van der Waals surface area (Å²) in [6.45, 7) is 4.50. The summed E-state index contributed by atoms with van der Waals surface area (Å²) < 4.78 is 6.64. The van der Waals surface area contributed by atoms with Crippen molar-refractivity contribution in [2.24, 2.45) is 0 Å². The van der Waals surface area contributed by atoms with Gasteiger partial charge in [0.25, 0.3) is 0 Å². The van der Waals surface area contributed by atoms with Crippen LogP contribution in [0.1, 0.15) is 17.5 Å². The minimum Gasteiger partial charge on any atom is -0.465 e. The highest BCUT2D eigenvalue weighted by Crippen LogP contribution is 2.29. The highest BCUT2D eigenvalue weighted by Gasteiger charge is 2.29. The van der Waals surface area contributed by atoms with Gasteiger partial charge >= 0.3 is 5.97 Å². The second kappa shape index (κ2) is 5.24. The number of aromatic nitrogens is 4. The van der Waals surface area contributed by atoms with Crippen LogP contribution in [-0.4, -0.2) is 38.0 Å². The van der Waals surface area contributed by atoms with Crippen LogP contribution in [0.2, 0.25) is 0 Å². The lowest BCUT2D eigenvalue weighted by molar-refractivity contribution is -0.137. The van der Waals surface area contributed by atoms with Crippen molar-refractivity contribution in [3.8, 4) is 5.69 Å². The Labute approximate surface area is 120 Å². The topological polar surface area (TPSA) is 69.9 Å². The third-order valence-corrected chi connectivity index (χ3v) is 4.35.